The number of nitrogens with zero attached hydrogens (tertiary/aromatic N) is 2. The average molecular weight is 780 g/mol. The van der Waals surface area contributed by atoms with Crippen molar-refractivity contribution < 1.29 is 46.2 Å². The number of sulfonamides is 1. The number of amides is 4. The fraction of sp³-hybridized carbons (Fsp3) is 0.513. The number of benzene rings is 1. The van der Waals surface area contributed by atoms with Gasteiger partial charge in [0.05, 0.1) is 25.2 Å². The molecule has 1 aliphatic heterocycles. The molecule has 2 saturated carbocycles. The molecule has 0 spiro atoms. The third-order valence-electron chi connectivity index (χ3n) is 9.94. The van der Waals surface area contributed by atoms with Gasteiger partial charge in [-0.3, -0.25) is 19.1 Å². The number of carbonyl (C=O) groups excluding carboxylic acids is 4. The second kappa shape index (κ2) is 14.5. The van der Waals surface area contributed by atoms with E-state index in [1.54, 1.807) is 53.7 Å². The molecule has 296 valence electrons. The van der Waals surface area contributed by atoms with E-state index in [0.717, 1.165) is 0 Å². The Kier molecular flexibility index (Phi) is 10.4. The van der Waals surface area contributed by atoms with Crippen LogP contribution < -0.4 is 24.8 Å². The van der Waals surface area contributed by atoms with Crippen LogP contribution in [0.5, 0.6) is 11.6 Å². The van der Waals surface area contributed by atoms with Crippen molar-refractivity contribution in [3.63, 3.8) is 0 Å². The van der Waals surface area contributed by atoms with E-state index in [4.69, 9.17) is 23.6 Å². The number of ether oxygens (including phenoxy) is 3. The summed E-state index contributed by atoms with van der Waals surface area (Å²) in [6.07, 6.45) is 2.37. The highest BCUT2D eigenvalue weighted by atomic mass is 32.2. The molecule has 15 nitrogen and oxygen atoms in total. The molecule has 3 aromatic rings. The Morgan fingerprint density at radius 2 is 1.75 bits per heavy atom. The lowest BCUT2D eigenvalue weighted by Gasteiger charge is -2.36. The monoisotopic (exact) mass is 779 g/mol. The fourth-order valence-corrected chi connectivity index (χ4v) is 8.24. The molecule has 0 bridgehead atoms. The van der Waals surface area contributed by atoms with Crippen LogP contribution >= 0.6 is 0 Å². The first kappa shape index (κ1) is 39.6. The molecular formula is C39H49N5O10S. The molecule has 6 rings (SSSR count). The summed E-state index contributed by atoms with van der Waals surface area (Å²) in [6, 6.07) is 8.44. The second-order valence-corrected chi connectivity index (χ2v) is 18.4. The summed E-state index contributed by atoms with van der Waals surface area (Å²) in [6.45, 7) is 14.1. The molecule has 3 aliphatic rings. The second-order valence-electron chi connectivity index (χ2n) is 16.4. The predicted molar refractivity (Wildman–Crippen MR) is 202 cm³/mol. The molecule has 1 unspecified atom stereocenters. The molecule has 2 aliphatic carbocycles. The molecule has 3 fully saturated rings. The molecule has 16 heteroatoms. The first-order chi connectivity index (χ1) is 25.8. The molecule has 1 aromatic carbocycles. The first-order valence-electron chi connectivity index (χ1n) is 18.3. The number of pyridine rings is 1. The van der Waals surface area contributed by atoms with Gasteiger partial charge in [-0.25, -0.2) is 18.2 Å². The van der Waals surface area contributed by atoms with Crippen molar-refractivity contribution in [1.82, 2.24) is 25.2 Å². The minimum absolute atomic E-state index is 0.0319. The molecule has 2 aromatic heterocycles. The van der Waals surface area contributed by atoms with Crippen molar-refractivity contribution in [2.24, 2.45) is 11.3 Å². The van der Waals surface area contributed by atoms with E-state index in [2.05, 4.69) is 21.9 Å². The summed E-state index contributed by atoms with van der Waals surface area (Å²) in [5.74, 6) is -1.59. The molecule has 5 atom stereocenters. The van der Waals surface area contributed by atoms with Crippen molar-refractivity contribution in [2.75, 3.05) is 13.7 Å². The Morgan fingerprint density at radius 1 is 1.05 bits per heavy atom. The highest BCUT2D eigenvalue weighted by Gasteiger charge is 2.62. The van der Waals surface area contributed by atoms with Gasteiger partial charge in [-0.1, -0.05) is 45.0 Å². The third-order valence-corrected chi connectivity index (χ3v) is 11.8. The zero-order valence-corrected chi connectivity index (χ0v) is 32.9. The topological polar surface area (TPSA) is 195 Å². The number of aromatic nitrogens is 1. The van der Waals surface area contributed by atoms with Crippen LogP contribution in [0.4, 0.5) is 4.79 Å². The average Bonchev–Trinajstić information content (AvgIpc) is 3.98. The van der Waals surface area contributed by atoms with Crippen LogP contribution in [0.2, 0.25) is 0 Å². The number of likely N-dealkylation sites (tertiary alicyclic amines) is 1. The largest absolute Gasteiger partial charge is 0.494 e. The van der Waals surface area contributed by atoms with E-state index in [1.165, 1.54) is 24.3 Å². The zero-order valence-electron chi connectivity index (χ0n) is 32.1. The molecular weight excluding hydrogens is 731 g/mol. The van der Waals surface area contributed by atoms with Crippen LogP contribution in [0.15, 0.2) is 59.7 Å². The minimum atomic E-state index is -3.92. The molecule has 3 N–H and O–H groups in total. The lowest BCUT2D eigenvalue weighted by Crippen LogP contribution is -2.60. The van der Waals surface area contributed by atoms with E-state index in [-0.39, 0.29) is 25.3 Å². The molecule has 0 radical (unpaired) electrons. The van der Waals surface area contributed by atoms with Gasteiger partial charge in [0.1, 0.15) is 29.3 Å². The van der Waals surface area contributed by atoms with Gasteiger partial charge >= 0.3 is 6.09 Å². The van der Waals surface area contributed by atoms with Gasteiger partial charge in [-0.2, -0.15) is 0 Å². The number of rotatable bonds is 12. The van der Waals surface area contributed by atoms with Crippen molar-refractivity contribution in [3.05, 3.63) is 55.3 Å². The maximum Gasteiger partial charge on any atom is 0.408 e. The predicted octanol–water partition coefficient (Wildman–Crippen LogP) is 4.46. The quantitative estimate of drug-likeness (QED) is 0.220. The Bertz CT molecular complexity index is 2100. The lowest BCUT2D eigenvalue weighted by atomic mass is 9.85. The highest BCUT2D eigenvalue weighted by molar-refractivity contribution is 7.91. The van der Waals surface area contributed by atoms with Gasteiger partial charge in [0, 0.05) is 23.1 Å². The Hall–Kier alpha value is -5.12. The fourth-order valence-electron chi connectivity index (χ4n) is 6.88. The Balaban J connectivity index is 1.34. The van der Waals surface area contributed by atoms with Crippen molar-refractivity contribution in [2.45, 2.75) is 102 Å². The van der Waals surface area contributed by atoms with Crippen LogP contribution in [0.1, 0.15) is 67.2 Å². The van der Waals surface area contributed by atoms with Crippen LogP contribution in [-0.4, -0.2) is 90.3 Å². The van der Waals surface area contributed by atoms with Gasteiger partial charge in [0.15, 0.2) is 17.2 Å². The van der Waals surface area contributed by atoms with Crippen molar-refractivity contribution in [3.8, 4) is 23.1 Å². The number of alkyl carbamates (subject to hydrolysis) is 1. The van der Waals surface area contributed by atoms with Gasteiger partial charge in [-0.15, -0.1) is 6.58 Å². The number of methoxy groups -OCH3 is 1. The Labute approximate surface area is 320 Å². The third kappa shape index (κ3) is 8.28. The normalized spacial score (nSPS) is 23.0. The smallest absolute Gasteiger partial charge is 0.408 e. The standard InChI is InChI=1S/C39H49N5O10S/c1-9-22-20-39(22,35(47)43-55(49,50)24-16-17-24)42-32(45)27-19-23(21-44(27)34(46)31(37(2,3)4)41-36(48)54-38(5,6)7)53-33-26-14-11-10-13-25(26)30(51-8)29(40-33)28-15-12-18-52-28/h9-15,18,22-24,27,31H,1,16-17,19-21H2,2-8H3,(H,41,48)(H,42,45)(H,43,47)/t22?,23-,27+,31-,39-/m1/s1. The summed E-state index contributed by atoms with van der Waals surface area (Å²) in [5, 5.41) is 6.14. The lowest BCUT2D eigenvalue weighted by molar-refractivity contribution is -0.143. The number of hydrogen-bond acceptors (Lipinski definition) is 11. The summed E-state index contributed by atoms with van der Waals surface area (Å²) >= 11 is 0. The van der Waals surface area contributed by atoms with Crippen LogP contribution in [0.25, 0.3) is 22.2 Å². The van der Waals surface area contributed by atoms with Crippen LogP contribution in [-0.2, 0) is 29.1 Å². The van der Waals surface area contributed by atoms with Crippen molar-refractivity contribution in [1.29, 1.82) is 0 Å². The van der Waals surface area contributed by atoms with E-state index >= 15 is 0 Å². The van der Waals surface area contributed by atoms with E-state index in [1.807, 2.05) is 24.3 Å². The number of fused-ring (bicyclic) bond motifs is 1. The summed E-state index contributed by atoms with van der Waals surface area (Å²) in [4.78, 5) is 61.7. The molecule has 3 heterocycles. The zero-order chi connectivity index (χ0) is 40.1. The summed E-state index contributed by atoms with van der Waals surface area (Å²) < 4.78 is 51.1. The highest BCUT2D eigenvalue weighted by Crippen LogP contribution is 2.46. The van der Waals surface area contributed by atoms with Gasteiger partial charge < -0.3 is 34.2 Å². The minimum Gasteiger partial charge on any atom is -0.494 e. The number of nitrogens with one attached hydrogen (secondary N) is 3. The van der Waals surface area contributed by atoms with E-state index < -0.39 is 79.7 Å². The van der Waals surface area contributed by atoms with Gasteiger partial charge in [-0.05, 0) is 63.6 Å². The summed E-state index contributed by atoms with van der Waals surface area (Å²) in [7, 11) is -2.39. The van der Waals surface area contributed by atoms with Crippen LogP contribution in [0, 0.1) is 11.3 Å². The molecule has 4 amide bonds. The maximum atomic E-state index is 14.6. The Morgan fingerprint density at radius 3 is 2.31 bits per heavy atom. The number of furan rings is 1. The number of hydrogen-bond donors (Lipinski definition) is 3. The van der Waals surface area contributed by atoms with Crippen LogP contribution in [0.3, 0.4) is 0 Å². The molecule has 1 saturated heterocycles. The van der Waals surface area contributed by atoms with E-state index in [9.17, 15) is 27.6 Å². The molecule has 55 heavy (non-hydrogen) atoms. The first-order valence-corrected chi connectivity index (χ1v) is 19.8. The SMILES string of the molecule is C=CC1C[C@]1(NC(=O)[C@@H]1C[C@@H](Oc2nc(-c3ccco3)c(OC)c3ccccc23)CN1C(=O)[C@@H](NC(=O)OC(C)(C)C)C(C)(C)C)C(=O)NS(=O)(=O)C1CC1. The number of carbonyl (C=O) groups is 4. The van der Waals surface area contributed by atoms with Gasteiger partial charge in [0.2, 0.25) is 27.7 Å². The maximum absolute atomic E-state index is 14.6. The van der Waals surface area contributed by atoms with Crippen molar-refractivity contribution >= 4 is 44.6 Å². The van der Waals surface area contributed by atoms with Gasteiger partial charge in [0.25, 0.3) is 5.91 Å². The summed E-state index contributed by atoms with van der Waals surface area (Å²) in [5.41, 5.74) is -2.89. The van der Waals surface area contributed by atoms with E-state index in [0.29, 0.717) is 40.8 Å².